The molecule has 0 aliphatic carbocycles. The van der Waals surface area contributed by atoms with Crippen LogP contribution in [0.25, 0.3) is 0 Å². The standard InChI is InChI=1S/C13H22N4O/c1-10(2)15-13(18)9-17(4)8-11-6-5-7-12(14-3)16-11/h5-7,10H,8-9H2,1-4H3,(H,14,16)(H,15,18). The second kappa shape index (κ2) is 6.96. The first-order valence-corrected chi connectivity index (χ1v) is 6.13. The molecule has 0 fully saturated rings. The van der Waals surface area contributed by atoms with E-state index in [9.17, 15) is 4.79 Å². The Labute approximate surface area is 109 Å². The van der Waals surface area contributed by atoms with Crippen molar-refractivity contribution in [2.45, 2.75) is 26.4 Å². The summed E-state index contributed by atoms with van der Waals surface area (Å²) in [6.45, 7) is 4.94. The molecule has 0 radical (unpaired) electrons. The van der Waals surface area contributed by atoms with Crippen molar-refractivity contribution in [3.63, 3.8) is 0 Å². The lowest BCUT2D eigenvalue weighted by atomic mass is 10.3. The molecule has 0 aliphatic rings. The summed E-state index contributed by atoms with van der Waals surface area (Å²) in [7, 11) is 3.75. The number of nitrogens with one attached hydrogen (secondary N) is 2. The van der Waals surface area contributed by atoms with Crippen molar-refractivity contribution in [2.75, 3.05) is 26.0 Å². The minimum atomic E-state index is 0.0391. The molecular weight excluding hydrogens is 228 g/mol. The van der Waals surface area contributed by atoms with Gasteiger partial charge < -0.3 is 10.6 Å². The fourth-order valence-electron chi connectivity index (χ4n) is 1.65. The molecule has 0 aromatic carbocycles. The summed E-state index contributed by atoms with van der Waals surface area (Å²) in [4.78, 5) is 18.0. The Kier molecular flexibility index (Phi) is 5.58. The molecule has 1 heterocycles. The van der Waals surface area contributed by atoms with Gasteiger partial charge in [0.1, 0.15) is 5.82 Å². The molecule has 1 aromatic rings. The van der Waals surface area contributed by atoms with Crippen molar-refractivity contribution >= 4 is 11.7 Å². The van der Waals surface area contributed by atoms with Crippen LogP contribution in [0.4, 0.5) is 5.82 Å². The molecule has 1 amide bonds. The zero-order valence-electron chi connectivity index (χ0n) is 11.5. The van der Waals surface area contributed by atoms with E-state index in [1.54, 1.807) is 0 Å². The highest BCUT2D eigenvalue weighted by Gasteiger charge is 2.08. The van der Waals surface area contributed by atoms with Crippen molar-refractivity contribution in [3.05, 3.63) is 23.9 Å². The molecule has 2 N–H and O–H groups in total. The maximum Gasteiger partial charge on any atom is 0.234 e. The largest absolute Gasteiger partial charge is 0.373 e. The third-order valence-electron chi connectivity index (χ3n) is 2.36. The first-order valence-electron chi connectivity index (χ1n) is 6.13. The van der Waals surface area contributed by atoms with Crippen molar-refractivity contribution < 1.29 is 4.79 Å². The van der Waals surface area contributed by atoms with Crippen LogP contribution in [0.15, 0.2) is 18.2 Å². The molecule has 0 aliphatic heterocycles. The topological polar surface area (TPSA) is 57.3 Å². The Balaban J connectivity index is 2.48. The van der Waals surface area contributed by atoms with E-state index in [-0.39, 0.29) is 11.9 Å². The number of nitrogens with zero attached hydrogens (tertiary/aromatic N) is 2. The van der Waals surface area contributed by atoms with E-state index in [0.29, 0.717) is 13.1 Å². The number of amides is 1. The molecular formula is C13H22N4O. The van der Waals surface area contributed by atoms with E-state index in [2.05, 4.69) is 15.6 Å². The van der Waals surface area contributed by atoms with Gasteiger partial charge in [0.2, 0.25) is 5.91 Å². The monoisotopic (exact) mass is 250 g/mol. The Morgan fingerprint density at radius 2 is 2.17 bits per heavy atom. The second-order valence-corrected chi connectivity index (χ2v) is 4.66. The van der Waals surface area contributed by atoms with E-state index in [4.69, 9.17) is 0 Å². The number of hydrogen-bond donors (Lipinski definition) is 2. The molecule has 18 heavy (non-hydrogen) atoms. The van der Waals surface area contributed by atoms with Crippen LogP contribution in [0, 0.1) is 0 Å². The van der Waals surface area contributed by atoms with Crippen LogP contribution in [0.3, 0.4) is 0 Å². The van der Waals surface area contributed by atoms with Crippen LogP contribution in [0.2, 0.25) is 0 Å². The third kappa shape index (κ3) is 5.14. The van der Waals surface area contributed by atoms with Crippen LogP contribution >= 0.6 is 0 Å². The number of rotatable bonds is 6. The zero-order valence-corrected chi connectivity index (χ0v) is 11.5. The zero-order chi connectivity index (χ0) is 13.5. The van der Waals surface area contributed by atoms with Crippen molar-refractivity contribution in [3.8, 4) is 0 Å². The Morgan fingerprint density at radius 3 is 2.78 bits per heavy atom. The normalized spacial score (nSPS) is 10.8. The maximum atomic E-state index is 11.6. The van der Waals surface area contributed by atoms with Gasteiger partial charge in [0.05, 0.1) is 12.2 Å². The average molecular weight is 250 g/mol. The van der Waals surface area contributed by atoms with Gasteiger partial charge in [-0.15, -0.1) is 0 Å². The van der Waals surface area contributed by atoms with Crippen LogP contribution in [0.1, 0.15) is 19.5 Å². The minimum Gasteiger partial charge on any atom is -0.373 e. The van der Waals surface area contributed by atoms with Crippen LogP contribution < -0.4 is 10.6 Å². The van der Waals surface area contributed by atoms with Crippen molar-refractivity contribution in [2.24, 2.45) is 0 Å². The van der Waals surface area contributed by atoms with Crippen molar-refractivity contribution in [1.29, 1.82) is 0 Å². The van der Waals surface area contributed by atoms with E-state index >= 15 is 0 Å². The molecule has 1 aromatic heterocycles. The Hall–Kier alpha value is -1.62. The van der Waals surface area contributed by atoms with Gasteiger partial charge in [-0.2, -0.15) is 0 Å². The van der Waals surface area contributed by atoms with Crippen molar-refractivity contribution in [1.82, 2.24) is 15.2 Å². The predicted molar refractivity (Wildman–Crippen MR) is 73.4 cm³/mol. The average Bonchev–Trinajstić information content (AvgIpc) is 2.27. The molecule has 0 atom stereocenters. The lowest BCUT2D eigenvalue weighted by molar-refractivity contribution is -0.122. The summed E-state index contributed by atoms with van der Waals surface area (Å²) in [5.41, 5.74) is 0.946. The fraction of sp³-hybridized carbons (Fsp3) is 0.538. The van der Waals surface area contributed by atoms with Gasteiger partial charge in [0.25, 0.3) is 0 Å². The Bertz CT molecular complexity index is 392. The molecule has 5 nitrogen and oxygen atoms in total. The maximum absolute atomic E-state index is 11.6. The van der Waals surface area contributed by atoms with Gasteiger partial charge in [-0.3, -0.25) is 9.69 Å². The number of hydrogen-bond acceptors (Lipinski definition) is 4. The molecule has 0 saturated carbocycles. The summed E-state index contributed by atoms with van der Waals surface area (Å²) >= 11 is 0. The molecule has 0 saturated heterocycles. The molecule has 100 valence electrons. The van der Waals surface area contributed by atoms with Gasteiger partial charge >= 0.3 is 0 Å². The van der Waals surface area contributed by atoms with E-state index in [0.717, 1.165) is 11.5 Å². The molecule has 0 unspecified atom stereocenters. The lowest BCUT2D eigenvalue weighted by Gasteiger charge is -2.17. The highest BCUT2D eigenvalue weighted by molar-refractivity contribution is 5.78. The SMILES string of the molecule is CNc1cccc(CN(C)CC(=O)NC(C)C)n1. The first-order chi connectivity index (χ1) is 8.51. The number of carbonyl (C=O) groups is 1. The number of aromatic nitrogens is 1. The molecule has 5 heteroatoms. The predicted octanol–water partition coefficient (Wildman–Crippen LogP) is 1.08. The summed E-state index contributed by atoms with van der Waals surface area (Å²) in [6.07, 6.45) is 0. The summed E-state index contributed by atoms with van der Waals surface area (Å²) < 4.78 is 0. The summed E-state index contributed by atoms with van der Waals surface area (Å²) in [5, 5.41) is 5.87. The number of anilines is 1. The van der Waals surface area contributed by atoms with Gasteiger partial charge in [0.15, 0.2) is 0 Å². The molecule has 0 spiro atoms. The van der Waals surface area contributed by atoms with E-state index < -0.39 is 0 Å². The van der Waals surface area contributed by atoms with E-state index in [1.165, 1.54) is 0 Å². The number of pyridine rings is 1. The quantitative estimate of drug-likeness (QED) is 0.793. The fourth-order valence-corrected chi connectivity index (χ4v) is 1.65. The smallest absolute Gasteiger partial charge is 0.234 e. The van der Waals surface area contributed by atoms with Gasteiger partial charge in [0, 0.05) is 19.6 Å². The number of carbonyl (C=O) groups excluding carboxylic acids is 1. The van der Waals surface area contributed by atoms with Crippen LogP contribution in [-0.4, -0.2) is 42.5 Å². The molecule has 1 rings (SSSR count). The number of likely N-dealkylation sites (N-methyl/N-ethyl adjacent to an activating group) is 1. The highest BCUT2D eigenvalue weighted by atomic mass is 16.2. The summed E-state index contributed by atoms with van der Waals surface area (Å²) in [5.74, 6) is 0.879. The third-order valence-corrected chi connectivity index (χ3v) is 2.36. The van der Waals surface area contributed by atoms with Gasteiger partial charge in [-0.1, -0.05) is 6.07 Å². The van der Waals surface area contributed by atoms with Crippen LogP contribution in [0.5, 0.6) is 0 Å². The lowest BCUT2D eigenvalue weighted by Crippen LogP contribution is -2.38. The van der Waals surface area contributed by atoms with Gasteiger partial charge in [-0.05, 0) is 33.0 Å². The minimum absolute atomic E-state index is 0.0391. The van der Waals surface area contributed by atoms with Gasteiger partial charge in [-0.25, -0.2) is 4.98 Å². The molecule has 0 bridgehead atoms. The Morgan fingerprint density at radius 1 is 1.44 bits per heavy atom. The van der Waals surface area contributed by atoms with E-state index in [1.807, 2.05) is 51.0 Å². The summed E-state index contributed by atoms with van der Waals surface area (Å²) in [6, 6.07) is 6.00. The first kappa shape index (κ1) is 14.4. The second-order valence-electron chi connectivity index (χ2n) is 4.66. The van der Waals surface area contributed by atoms with Crippen LogP contribution in [-0.2, 0) is 11.3 Å². The highest BCUT2D eigenvalue weighted by Crippen LogP contribution is 2.05.